The van der Waals surface area contributed by atoms with Crippen LogP contribution in [0.3, 0.4) is 0 Å². The molecule has 8 nitrogen and oxygen atoms in total. The molecule has 0 radical (unpaired) electrons. The first-order valence-electron chi connectivity index (χ1n) is 7.66. The molecular weight excluding hydrogens is 359 g/mol. The van der Waals surface area contributed by atoms with Crippen molar-refractivity contribution in [2.24, 2.45) is 0 Å². The van der Waals surface area contributed by atoms with Crippen LogP contribution >= 0.6 is 11.8 Å². The van der Waals surface area contributed by atoms with Gasteiger partial charge < -0.3 is 4.74 Å². The normalized spacial score (nSPS) is 12.6. The number of aromatic nitrogens is 6. The second kappa shape index (κ2) is 6.37. The van der Waals surface area contributed by atoms with Gasteiger partial charge in [-0.15, -0.1) is 10.2 Å². The monoisotopic (exact) mass is 372 g/mol. The van der Waals surface area contributed by atoms with E-state index in [9.17, 15) is 9.18 Å². The second-order valence-corrected chi connectivity index (χ2v) is 6.78. The third-order valence-corrected chi connectivity index (χ3v) is 4.87. The Bertz CT molecular complexity index is 1110. The number of fused-ring (bicyclic) bond motifs is 3. The average molecular weight is 372 g/mol. The smallest absolute Gasteiger partial charge is 0.318 e. The Balaban J connectivity index is 1.77. The standard InChI is InChI=1S/C16H13FN6O2S/c1-9(15(24)25-2)26-16-21-20-14-12-7-19-23(13(12)18-8-22(14)16)11-5-3-10(17)4-6-11/h3-9H,1-2H3/t9-/m0/s1. The summed E-state index contributed by atoms with van der Waals surface area (Å²) in [7, 11) is 1.34. The summed E-state index contributed by atoms with van der Waals surface area (Å²) in [5.41, 5.74) is 1.84. The molecule has 4 rings (SSSR count). The van der Waals surface area contributed by atoms with Crippen LogP contribution < -0.4 is 0 Å². The predicted octanol–water partition coefficient (Wildman–Crippen LogP) is 2.26. The van der Waals surface area contributed by atoms with E-state index in [4.69, 9.17) is 4.74 Å². The average Bonchev–Trinajstić information content (AvgIpc) is 3.25. The van der Waals surface area contributed by atoms with Gasteiger partial charge in [-0.05, 0) is 31.2 Å². The minimum atomic E-state index is -0.426. The number of esters is 1. The Morgan fingerprint density at radius 2 is 2.00 bits per heavy atom. The Morgan fingerprint density at radius 1 is 1.23 bits per heavy atom. The number of carbonyl (C=O) groups is 1. The number of ether oxygens (including phenoxy) is 1. The minimum Gasteiger partial charge on any atom is -0.468 e. The van der Waals surface area contributed by atoms with Crippen LogP contribution in [0.15, 0.2) is 41.9 Å². The van der Waals surface area contributed by atoms with Crippen molar-refractivity contribution >= 4 is 34.4 Å². The number of nitrogens with zero attached hydrogens (tertiary/aromatic N) is 6. The van der Waals surface area contributed by atoms with Gasteiger partial charge in [0, 0.05) is 0 Å². The highest BCUT2D eigenvalue weighted by Crippen LogP contribution is 2.26. The summed E-state index contributed by atoms with van der Waals surface area (Å²) in [4.78, 5) is 16.0. The lowest BCUT2D eigenvalue weighted by molar-refractivity contribution is -0.139. The fourth-order valence-corrected chi connectivity index (χ4v) is 3.37. The molecule has 0 fully saturated rings. The first-order chi connectivity index (χ1) is 12.6. The van der Waals surface area contributed by atoms with Crippen molar-refractivity contribution in [3.8, 4) is 5.69 Å². The third kappa shape index (κ3) is 2.68. The highest BCUT2D eigenvalue weighted by Gasteiger charge is 2.20. The molecule has 3 heterocycles. The maximum absolute atomic E-state index is 13.1. The molecule has 0 aliphatic carbocycles. The summed E-state index contributed by atoms with van der Waals surface area (Å²) in [5.74, 6) is -0.663. The molecule has 132 valence electrons. The van der Waals surface area contributed by atoms with Crippen LogP contribution in [0.2, 0.25) is 0 Å². The largest absolute Gasteiger partial charge is 0.468 e. The van der Waals surface area contributed by atoms with E-state index < -0.39 is 5.25 Å². The number of halogens is 1. The van der Waals surface area contributed by atoms with Gasteiger partial charge in [0.25, 0.3) is 0 Å². The molecule has 0 saturated heterocycles. The van der Waals surface area contributed by atoms with Crippen molar-refractivity contribution in [2.45, 2.75) is 17.3 Å². The van der Waals surface area contributed by atoms with Gasteiger partial charge in [0.1, 0.15) is 17.4 Å². The lowest BCUT2D eigenvalue weighted by Crippen LogP contribution is -2.15. The highest BCUT2D eigenvalue weighted by atomic mass is 32.2. The van der Waals surface area contributed by atoms with E-state index in [1.165, 1.54) is 31.0 Å². The van der Waals surface area contributed by atoms with Crippen molar-refractivity contribution in [1.82, 2.24) is 29.4 Å². The molecule has 0 aliphatic rings. The molecular formula is C16H13FN6O2S. The maximum Gasteiger partial charge on any atom is 0.318 e. The van der Waals surface area contributed by atoms with Gasteiger partial charge in [-0.25, -0.2) is 14.1 Å². The van der Waals surface area contributed by atoms with E-state index in [0.29, 0.717) is 27.5 Å². The molecule has 3 aromatic heterocycles. The van der Waals surface area contributed by atoms with E-state index in [1.54, 1.807) is 40.7 Å². The van der Waals surface area contributed by atoms with Gasteiger partial charge in [-0.2, -0.15) is 5.10 Å². The van der Waals surface area contributed by atoms with Crippen molar-refractivity contribution in [2.75, 3.05) is 7.11 Å². The highest BCUT2D eigenvalue weighted by molar-refractivity contribution is 8.00. The molecule has 0 N–H and O–H groups in total. The predicted molar refractivity (Wildman–Crippen MR) is 92.7 cm³/mol. The van der Waals surface area contributed by atoms with E-state index in [0.717, 1.165) is 0 Å². The summed E-state index contributed by atoms with van der Waals surface area (Å²) in [6.07, 6.45) is 3.21. The number of rotatable bonds is 4. The maximum atomic E-state index is 13.1. The van der Waals surface area contributed by atoms with Gasteiger partial charge >= 0.3 is 5.97 Å². The summed E-state index contributed by atoms with van der Waals surface area (Å²) < 4.78 is 21.2. The zero-order valence-corrected chi connectivity index (χ0v) is 14.6. The van der Waals surface area contributed by atoms with Gasteiger partial charge in [0.05, 0.1) is 24.4 Å². The Kier molecular flexibility index (Phi) is 4.03. The molecule has 0 unspecified atom stereocenters. The van der Waals surface area contributed by atoms with Crippen LogP contribution in [-0.4, -0.2) is 47.7 Å². The number of hydrogen-bond acceptors (Lipinski definition) is 7. The van der Waals surface area contributed by atoms with Crippen LogP contribution in [-0.2, 0) is 9.53 Å². The fourth-order valence-electron chi connectivity index (χ4n) is 2.52. The zero-order chi connectivity index (χ0) is 18.3. The number of benzene rings is 1. The lowest BCUT2D eigenvalue weighted by Gasteiger charge is -2.07. The first-order valence-corrected chi connectivity index (χ1v) is 8.54. The number of methoxy groups -OCH3 is 1. The van der Waals surface area contributed by atoms with Gasteiger partial charge in [0.2, 0.25) is 0 Å². The van der Waals surface area contributed by atoms with E-state index in [1.807, 2.05) is 0 Å². The van der Waals surface area contributed by atoms with Crippen molar-refractivity contribution in [1.29, 1.82) is 0 Å². The SMILES string of the molecule is COC(=O)[C@H](C)Sc1nnc2c3cnn(-c4ccc(F)cc4)c3ncn12. The number of hydrogen-bond donors (Lipinski definition) is 0. The molecule has 0 spiro atoms. The van der Waals surface area contributed by atoms with E-state index in [-0.39, 0.29) is 11.8 Å². The van der Waals surface area contributed by atoms with Crippen LogP contribution in [0.1, 0.15) is 6.92 Å². The Hall–Kier alpha value is -3.01. The first kappa shape index (κ1) is 16.5. The molecule has 10 heteroatoms. The van der Waals surface area contributed by atoms with Crippen molar-refractivity contribution < 1.29 is 13.9 Å². The molecule has 1 aromatic carbocycles. The van der Waals surface area contributed by atoms with E-state index >= 15 is 0 Å². The molecule has 26 heavy (non-hydrogen) atoms. The third-order valence-electron chi connectivity index (χ3n) is 3.83. The zero-order valence-electron chi connectivity index (χ0n) is 13.8. The minimum absolute atomic E-state index is 0.320. The Labute approximate surface area is 151 Å². The molecule has 1 atom stereocenters. The van der Waals surface area contributed by atoms with Crippen LogP contribution in [0.4, 0.5) is 4.39 Å². The van der Waals surface area contributed by atoms with Crippen LogP contribution in [0.5, 0.6) is 0 Å². The lowest BCUT2D eigenvalue weighted by atomic mass is 10.3. The topological polar surface area (TPSA) is 87.2 Å². The van der Waals surface area contributed by atoms with Gasteiger partial charge in [-0.3, -0.25) is 9.20 Å². The van der Waals surface area contributed by atoms with Crippen LogP contribution in [0, 0.1) is 5.82 Å². The fraction of sp³-hybridized carbons (Fsp3) is 0.188. The van der Waals surface area contributed by atoms with Gasteiger partial charge in [-0.1, -0.05) is 11.8 Å². The molecule has 4 aromatic rings. The molecule has 0 saturated carbocycles. The van der Waals surface area contributed by atoms with Crippen molar-refractivity contribution in [3.63, 3.8) is 0 Å². The summed E-state index contributed by atoms with van der Waals surface area (Å²) in [6.45, 7) is 1.73. The molecule has 0 aliphatic heterocycles. The molecule has 0 amide bonds. The number of thioether (sulfide) groups is 1. The molecule has 0 bridgehead atoms. The summed E-state index contributed by atoms with van der Waals surface area (Å²) in [5, 5.41) is 13.5. The summed E-state index contributed by atoms with van der Waals surface area (Å²) in [6, 6.07) is 5.97. The quantitative estimate of drug-likeness (QED) is 0.401. The number of carbonyl (C=O) groups excluding carboxylic acids is 1. The van der Waals surface area contributed by atoms with E-state index in [2.05, 4.69) is 20.3 Å². The Morgan fingerprint density at radius 3 is 2.73 bits per heavy atom. The van der Waals surface area contributed by atoms with Gasteiger partial charge in [0.15, 0.2) is 16.5 Å². The van der Waals surface area contributed by atoms with Crippen molar-refractivity contribution in [3.05, 3.63) is 42.6 Å². The summed E-state index contributed by atoms with van der Waals surface area (Å²) >= 11 is 1.23. The second-order valence-electron chi connectivity index (χ2n) is 5.47. The van der Waals surface area contributed by atoms with Crippen LogP contribution in [0.25, 0.3) is 22.4 Å².